The number of thiophene rings is 1. The van der Waals surface area contributed by atoms with Crippen LogP contribution in [0.3, 0.4) is 0 Å². The quantitative estimate of drug-likeness (QED) is 0.799. The molecule has 21 heavy (non-hydrogen) atoms. The number of hydrogen-bond donors (Lipinski definition) is 0. The average Bonchev–Trinajstić information content (AvgIpc) is 2.89. The van der Waals surface area contributed by atoms with Gasteiger partial charge in [-0.15, -0.1) is 17.9 Å². The molecule has 3 nitrogen and oxygen atoms in total. The zero-order valence-corrected chi connectivity index (χ0v) is 12.7. The second kappa shape index (κ2) is 5.66. The largest absolute Gasteiger partial charge is 0.298 e. The van der Waals surface area contributed by atoms with Crippen LogP contribution in [0.4, 0.5) is 5.00 Å². The van der Waals surface area contributed by atoms with Gasteiger partial charge in [-0.2, -0.15) is 0 Å². The van der Waals surface area contributed by atoms with Gasteiger partial charge in [-0.25, -0.2) is 0 Å². The van der Waals surface area contributed by atoms with Crippen LogP contribution in [0.25, 0.3) is 0 Å². The highest BCUT2D eigenvalue weighted by Gasteiger charge is 2.25. The first-order valence-electron chi connectivity index (χ1n) is 6.81. The molecule has 0 bridgehead atoms. The van der Waals surface area contributed by atoms with Crippen molar-refractivity contribution in [2.75, 3.05) is 18.0 Å². The van der Waals surface area contributed by atoms with E-state index in [9.17, 15) is 4.79 Å². The highest BCUT2D eigenvalue weighted by atomic mass is 32.1. The summed E-state index contributed by atoms with van der Waals surface area (Å²) in [5.41, 5.74) is 4.17. The monoisotopic (exact) mass is 296 g/mol. The van der Waals surface area contributed by atoms with Crippen LogP contribution < -0.4 is 4.90 Å². The van der Waals surface area contributed by atoms with Crippen LogP contribution in [0.15, 0.2) is 53.4 Å². The minimum atomic E-state index is 0.0150. The van der Waals surface area contributed by atoms with E-state index in [4.69, 9.17) is 0 Å². The zero-order chi connectivity index (χ0) is 14.8. The first-order valence-corrected chi connectivity index (χ1v) is 7.69. The summed E-state index contributed by atoms with van der Waals surface area (Å²) in [5.74, 6) is 0.0150. The molecule has 1 amide bonds. The molecule has 0 saturated heterocycles. The number of rotatable bonds is 3. The molecule has 106 valence electrons. The number of benzene rings is 1. The topological polar surface area (TPSA) is 32.7 Å². The van der Waals surface area contributed by atoms with Crippen LogP contribution in [-0.4, -0.2) is 24.7 Å². The van der Waals surface area contributed by atoms with E-state index in [-0.39, 0.29) is 12.5 Å². The summed E-state index contributed by atoms with van der Waals surface area (Å²) in [4.78, 5) is 18.6. The van der Waals surface area contributed by atoms with Gasteiger partial charge >= 0.3 is 0 Å². The zero-order valence-electron chi connectivity index (χ0n) is 11.9. The smallest absolute Gasteiger partial charge is 0.249 e. The van der Waals surface area contributed by atoms with Crippen LogP contribution in [-0.2, 0) is 4.79 Å². The summed E-state index contributed by atoms with van der Waals surface area (Å²) in [6.07, 6.45) is 1.75. The van der Waals surface area contributed by atoms with Crippen LogP contribution >= 0.6 is 11.3 Å². The van der Waals surface area contributed by atoms with Crippen molar-refractivity contribution < 1.29 is 4.79 Å². The van der Waals surface area contributed by atoms with Crippen molar-refractivity contribution >= 4 is 28.0 Å². The highest BCUT2D eigenvalue weighted by Crippen LogP contribution is 2.32. The van der Waals surface area contributed by atoms with Crippen molar-refractivity contribution in [1.29, 1.82) is 0 Å². The number of anilines is 1. The Bertz CT molecular complexity index is 730. The summed E-state index contributed by atoms with van der Waals surface area (Å²) >= 11 is 1.57. The Hall–Kier alpha value is -2.20. The molecule has 0 radical (unpaired) electrons. The SMILES string of the molecule is C=CCN1C(=O)CN=C(c2cccc(C)c2)c2ccsc21. The Balaban J connectivity index is 2.12. The van der Waals surface area contributed by atoms with Crippen molar-refractivity contribution in [2.45, 2.75) is 6.92 Å². The Morgan fingerprint density at radius 3 is 3.05 bits per heavy atom. The van der Waals surface area contributed by atoms with Gasteiger partial charge in [0.05, 0.1) is 5.71 Å². The Morgan fingerprint density at radius 2 is 2.29 bits per heavy atom. The number of aliphatic imine (C=N–C) groups is 1. The Labute approximate surface area is 128 Å². The molecule has 4 heteroatoms. The molecule has 0 N–H and O–H groups in total. The average molecular weight is 296 g/mol. The van der Waals surface area contributed by atoms with E-state index < -0.39 is 0 Å². The predicted octanol–water partition coefficient (Wildman–Crippen LogP) is 3.43. The van der Waals surface area contributed by atoms with Crippen molar-refractivity contribution in [3.05, 3.63) is 65.1 Å². The minimum absolute atomic E-state index is 0.0150. The summed E-state index contributed by atoms with van der Waals surface area (Å²) in [7, 11) is 0. The van der Waals surface area contributed by atoms with E-state index in [1.165, 1.54) is 5.56 Å². The molecule has 1 aliphatic heterocycles. The van der Waals surface area contributed by atoms with Crippen molar-refractivity contribution in [3.63, 3.8) is 0 Å². The summed E-state index contributed by atoms with van der Waals surface area (Å²) in [5, 5.41) is 2.96. The summed E-state index contributed by atoms with van der Waals surface area (Å²) < 4.78 is 0. The van der Waals surface area contributed by atoms with Gasteiger partial charge in [0.2, 0.25) is 5.91 Å². The lowest BCUT2D eigenvalue weighted by molar-refractivity contribution is -0.117. The fraction of sp³-hybridized carbons (Fsp3) is 0.176. The maximum absolute atomic E-state index is 12.3. The Kier molecular flexibility index (Phi) is 3.71. The van der Waals surface area contributed by atoms with E-state index >= 15 is 0 Å². The van der Waals surface area contributed by atoms with E-state index in [1.54, 1.807) is 22.3 Å². The molecular weight excluding hydrogens is 280 g/mol. The van der Waals surface area contributed by atoms with E-state index in [0.717, 1.165) is 21.8 Å². The van der Waals surface area contributed by atoms with Crippen molar-refractivity contribution in [3.8, 4) is 0 Å². The van der Waals surface area contributed by atoms with E-state index in [1.807, 2.05) is 23.6 Å². The van der Waals surface area contributed by atoms with Gasteiger partial charge in [0.25, 0.3) is 0 Å². The predicted molar refractivity (Wildman–Crippen MR) is 88.6 cm³/mol. The number of carbonyl (C=O) groups excluding carboxylic acids is 1. The van der Waals surface area contributed by atoms with Crippen LogP contribution in [0, 0.1) is 6.92 Å². The number of nitrogens with zero attached hydrogens (tertiary/aromatic N) is 2. The standard InChI is InChI=1S/C17H16N2OS/c1-3-8-19-15(20)11-18-16(14-7-9-21-17(14)19)13-6-4-5-12(2)10-13/h3-7,9-10H,1,8,11H2,2H3. The van der Waals surface area contributed by atoms with Gasteiger partial charge in [-0.1, -0.05) is 29.8 Å². The molecule has 1 aromatic heterocycles. The van der Waals surface area contributed by atoms with Gasteiger partial charge in [0.15, 0.2) is 0 Å². The minimum Gasteiger partial charge on any atom is -0.298 e. The third-order valence-electron chi connectivity index (χ3n) is 3.42. The van der Waals surface area contributed by atoms with Crippen LogP contribution in [0.2, 0.25) is 0 Å². The fourth-order valence-corrected chi connectivity index (χ4v) is 3.40. The number of aryl methyl sites for hydroxylation is 1. The second-order valence-electron chi connectivity index (χ2n) is 4.97. The van der Waals surface area contributed by atoms with E-state index in [0.29, 0.717) is 6.54 Å². The molecule has 2 aromatic rings. The molecule has 3 rings (SSSR count). The van der Waals surface area contributed by atoms with Gasteiger partial charge in [0, 0.05) is 17.7 Å². The number of carbonyl (C=O) groups is 1. The molecular formula is C17H16N2OS. The third-order valence-corrected chi connectivity index (χ3v) is 4.36. The number of hydrogen-bond acceptors (Lipinski definition) is 3. The molecule has 0 saturated carbocycles. The third kappa shape index (κ3) is 2.54. The van der Waals surface area contributed by atoms with Gasteiger partial charge in [-0.3, -0.25) is 14.7 Å². The second-order valence-corrected chi connectivity index (χ2v) is 5.86. The summed E-state index contributed by atoms with van der Waals surface area (Å²) in [6.45, 7) is 6.50. The lowest BCUT2D eigenvalue weighted by Crippen LogP contribution is -2.31. The molecule has 2 heterocycles. The molecule has 0 unspecified atom stereocenters. The molecule has 1 aromatic carbocycles. The molecule has 0 fully saturated rings. The normalized spacial score (nSPS) is 14.4. The number of fused-ring (bicyclic) bond motifs is 1. The van der Waals surface area contributed by atoms with Crippen LogP contribution in [0.5, 0.6) is 0 Å². The maximum Gasteiger partial charge on any atom is 0.249 e. The first kappa shape index (κ1) is 13.8. The van der Waals surface area contributed by atoms with Crippen LogP contribution in [0.1, 0.15) is 16.7 Å². The van der Waals surface area contributed by atoms with Gasteiger partial charge < -0.3 is 0 Å². The number of amides is 1. The highest BCUT2D eigenvalue weighted by molar-refractivity contribution is 7.14. The molecule has 1 aliphatic rings. The molecule has 0 atom stereocenters. The lowest BCUT2D eigenvalue weighted by Gasteiger charge is -2.18. The van der Waals surface area contributed by atoms with Gasteiger partial charge in [0.1, 0.15) is 11.5 Å². The Morgan fingerprint density at radius 1 is 1.43 bits per heavy atom. The lowest BCUT2D eigenvalue weighted by atomic mass is 10.0. The summed E-state index contributed by atoms with van der Waals surface area (Å²) in [6, 6.07) is 10.3. The van der Waals surface area contributed by atoms with Crippen molar-refractivity contribution in [2.24, 2.45) is 4.99 Å². The van der Waals surface area contributed by atoms with Gasteiger partial charge in [-0.05, 0) is 24.4 Å². The molecule has 0 spiro atoms. The van der Waals surface area contributed by atoms with E-state index in [2.05, 4.69) is 30.6 Å². The molecule has 0 aliphatic carbocycles. The van der Waals surface area contributed by atoms with Crippen molar-refractivity contribution in [1.82, 2.24) is 0 Å². The fourth-order valence-electron chi connectivity index (χ4n) is 2.47. The maximum atomic E-state index is 12.3. The first-order chi connectivity index (χ1) is 10.2.